The molecule has 0 radical (unpaired) electrons. The normalized spacial score (nSPS) is 11.2. The van der Waals surface area contributed by atoms with Crippen LogP contribution in [0, 0.1) is 0 Å². The van der Waals surface area contributed by atoms with Crippen LogP contribution < -0.4 is 0 Å². The van der Waals surface area contributed by atoms with Crippen LogP contribution in [-0.2, 0) is 6.42 Å². The SMILES string of the molecule is CC(C)=CCCC(C)=CCc1c(O)cc(-c2cccc(C(=O)O)c2)c(C(=O)O)c1O. The van der Waals surface area contributed by atoms with E-state index in [0.717, 1.165) is 18.4 Å². The first-order chi connectivity index (χ1) is 14.1. The molecule has 0 amide bonds. The lowest BCUT2D eigenvalue weighted by Gasteiger charge is -2.14. The molecule has 6 heteroatoms. The summed E-state index contributed by atoms with van der Waals surface area (Å²) in [5, 5.41) is 39.9. The summed E-state index contributed by atoms with van der Waals surface area (Å²) < 4.78 is 0. The minimum Gasteiger partial charge on any atom is -0.507 e. The summed E-state index contributed by atoms with van der Waals surface area (Å²) in [4.78, 5) is 23.1. The number of benzene rings is 2. The number of carboxylic acids is 2. The molecule has 6 nitrogen and oxygen atoms in total. The van der Waals surface area contributed by atoms with Crippen LogP contribution in [0.2, 0.25) is 0 Å². The zero-order valence-corrected chi connectivity index (χ0v) is 17.3. The van der Waals surface area contributed by atoms with Gasteiger partial charge in [0.1, 0.15) is 17.1 Å². The van der Waals surface area contributed by atoms with E-state index in [1.54, 1.807) is 0 Å². The predicted octanol–water partition coefficient (Wildman–Crippen LogP) is 5.40. The maximum absolute atomic E-state index is 11.9. The molecule has 2 rings (SSSR count). The number of hydrogen-bond acceptors (Lipinski definition) is 4. The summed E-state index contributed by atoms with van der Waals surface area (Å²) in [6.07, 6.45) is 5.84. The van der Waals surface area contributed by atoms with Crippen molar-refractivity contribution in [2.45, 2.75) is 40.0 Å². The van der Waals surface area contributed by atoms with Crippen LogP contribution in [0.5, 0.6) is 11.5 Å². The summed E-state index contributed by atoms with van der Waals surface area (Å²) in [7, 11) is 0. The molecule has 0 heterocycles. The van der Waals surface area contributed by atoms with Crippen LogP contribution >= 0.6 is 0 Å². The van der Waals surface area contributed by atoms with Gasteiger partial charge in [0.05, 0.1) is 5.56 Å². The van der Waals surface area contributed by atoms with Crippen LogP contribution in [0.1, 0.15) is 59.9 Å². The van der Waals surface area contributed by atoms with E-state index in [0.29, 0.717) is 0 Å². The summed E-state index contributed by atoms with van der Waals surface area (Å²) >= 11 is 0. The van der Waals surface area contributed by atoms with E-state index in [-0.39, 0.29) is 40.0 Å². The lowest BCUT2D eigenvalue weighted by molar-refractivity contribution is 0.0685. The second-order valence-corrected chi connectivity index (χ2v) is 7.41. The Morgan fingerprint density at radius 2 is 1.67 bits per heavy atom. The van der Waals surface area contributed by atoms with Crippen molar-refractivity contribution in [2.24, 2.45) is 0 Å². The number of phenols is 2. The number of rotatable bonds is 8. The quantitative estimate of drug-likeness (QED) is 0.433. The second-order valence-electron chi connectivity index (χ2n) is 7.41. The molecule has 0 saturated carbocycles. The van der Waals surface area contributed by atoms with Gasteiger partial charge in [-0.05, 0) is 63.8 Å². The van der Waals surface area contributed by atoms with Gasteiger partial charge in [0.25, 0.3) is 0 Å². The molecular weight excluding hydrogens is 384 g/mol. The fourth-order valence-electron chi connectivity index (χ4n) is 3.13. The average Bonchev–Trinajstić information content (AvgIpc) is 2.66. The maximum Gasteiger partial charge on any atom is 0.340 e. The zero-order valence-electron chi connectivity index (χ0n) is 17.3. The lowest BCUT2D eigenvalue weighted by atomic mass is 9.93. The summed E-state index contributed by atoms with van der Waals surface area (Å²) in [6.45, 7) is 5.99. The van der Waals surface area contributed by atoms with Gasteiger partial charge in [0.2, 0.25) is 0 Å². The molecule has 0 bridgehead atoms. The Kier molecular flexibility index (Phi) is 7.42. The highest BCUT2D eigenvalue weighted by Crippen LogP contribution is 2.39. The van der Waals surface area contributed by atoms with Crippen molar-refractivity contribution in [3.05, 3.63) is 70.3 Å². The zero-order chi connectivity index (χ0) is 22.4. The van der Waals surface area contributed by atoms with Crippen molar-refractivity contribution in [1.29, 1.82) is 0 Å². The fraction of sp³-hybridized carbons (Fsp3) is 0.250. The third-order valence-corrected chi connectivity index (χ3v) is 4.76. The predicted molar refractivity (Wildman–Crippen MR) is 115 cm³/mol. The highest BCUT2D eigenvalue weighted by Gasteiger charge is 2.23. The molecular formula is C24H26O6. The van der Waals surface area contributed by atoms with Gasteiger partial charge in [-0.2, -0.15) is 0 Å². The summed E-state index contributed by atoms with van der Waals surface area (Å²) in [6, 6.07) is 6.94. The van der Waals surface area contributed by atoms with Crippen molar-refractivity contribution < 1.29 is 30.0 Å². The van der Waals surface area contributed by atoms with Gasteiger partial charge in [-0.3, -0.25) is 0 Å². The number of phenolic OH excluding ortho intramolecular Hbond substituents is 1. The van der Waals surface area contributed by atoms with Crippen LogP contribution in [0.15, 0.2) is 53.6 Å². The molecule has 0 fully saturated rings. The molecule has 30 heavy (non-hydrogen) atoms. The highest BCUT2D eigenvalue weighted by atomic mass is 16.4. The van der Waals surface area contributed by atoms with Gasteiger partial charge >= 0.3 is 11.9 Å². The van der Waals surface area contributed by atoms with E-state index < -0.39 is 17.7 Å². The molecule has 4 N–H and O–H groups in total. The monoisotopic (exact) mass is 410 g/mol. The number of aromatic hydroxyl groups is 2. The molecule has 0 aliphatic rings. The van der Waals surface area contributed by atoms with Crippen molar-refractivity contribution in [2.75, 3.05) is 0 Å². The third kappa shape index (κ3) is 5.50. The first-order valence-corrected chi connectivity index (χ1v) is 9.55. The van der Waals surface area contributed by atoms with E-state index in [9.17, 15) is 30.0 Å². The molecule has 158 valence electrons. The fourth-order valence-corrected chi connectivity index (χ4v) is 3.13. The number of carbonyl (C=O) groups is 2. The van der Waals surface area contributed by atoms with Crippen molar-refractivity contribution in [3.63, 3.8) is 0 Å². The standard InChI is InChI=1S/C24H26O6/c1-14(2)6-4-7-15(3)10-11-18-20(25)13-19(21(22(18)26)24(29)30)16-8-5-9-17(12-16)23(27)28/h5-6,8-10,12-13,25-26H,4,7,11H2,1-3H3,(H,27,28)(H,29,30). The summed E-state index contributed by atoms with van der Waals surface area (Å²) in [5.74, 6) is -3.30. The van der Waals surface area contributed by atoms with Crippen LogP contribution in [0.4, 0.5) is 0 Å². The lowest BCUT2D eigenvalue weighted by Crippen LogP contribution is -2.04. The summed E-state index contributed by atoms with van der Waals surface area (Å²) in [5.41, 5.74) is 2.33. The van der Waals surface area contributed by atoms with Crippen LogP contribution in [0.3, 0.4) is 0 Å². The highest BCUT2D eigenvalue weighted by molar-refractivity contribution is 6.01. The number of allylic oxidation sites excluding steroid dienone is 4. The molecule has 0 spiro atoms. The maximum atomic E-state index is 11.9. The van der Waals surface area contributed by atoms with E-state index in [2.05, 4.69) is 6.08 Å². The molecule has 0 saturated heterocycles. The second kappa shape index (κ2) is 9.78. The van der Waals surface area contributed by atoms with E-state index in [4.69, 9.17) is 0 Å². The number of hydrogen-bond donors (Lipinski definition) is 4. The Morgan fingerprint density at radius 1 is 0.967 bits per heavy atom. The Labute approximate surface area is 175 Å². The van der Waals surface area contributed by atoms with Gasteiger partial charge in [0.15, 0.2) is 0 Å². The Bertz CT molecular complexity index is 1030. The van der Waals surface area contributed by atoms with Gasteiger partial charge in [0, 0.05) is 11.1 Å². The van der Waals surface area contributed by atoms with E-state index in [1.807, 2.05) is 26.8 Å². The Hall–Kier alpha value is -3.54. The van der Waals surface area contributed by atoms with Crippen molar-refractivity contribution in [3.8, 4) is 22.6 Å². The van der Waals surface area contributed by atoms with Crippen LogP contribution in [0.25, 0.3) is 11.1 Å². The number of aromatic carboxylic acids is 2. The molecule has 2 aromatic carbocycles. The molecule has 0 aliphatic heterocycles. The van der Waals surface area contributed by atoms with E-state index in [1.165, 1.54) is 35.9 Å². The molecule has 0 unspecified atom stereocenters. The first-order valence-electron chi connectivity index (χ1n) is 9.55. The van der Waals surface area contributed by atoms with Gasteiger partial charge in [-0.1, -0.05) is 35.4 Å². The smallest absolute Gasteiger partial charge is 0.340 e. The van der Waals surface area contributed by atoms with Gasteiger partial charge in [-0.15, -0.1) is 0 Å². The first kappa shape index (κ1) is 22.7. The molecule has 0 aromatic heterocycles. The molecule has 0 aliphatic carbocycles. The van der Waals surface area contributed by atoms with Crippen LogP contribution in [-0.4, -0.2) is 32.4 Å². The average molecular weight is 410 g/mol. The van der Waals surface area contributed by atoms with Gasteiger partial charge in [-0.25, -0.2) is 9.59 Å². The minimum atomic E-state index is -1.37. The van der Waals surface area contributed by atoms with Crippen molar-refractivity contribution in [1.82, 2.24) is 0 Å². The van der Waals surface area contributed by atoms with E-state index >= 15 is 0 Å². The third-order valence-electron chi connectivity index (χ3n) is 4.76. The number of carboxylic acid groups (broad SMARTS) is 2. The topological polar surface area (TPSA) is 115 Å². The molecule has 2 aromatic rings. The minimum absolute atomic E-state index is 0.0261. The molecule has 0 atom stereocenters. The largest absolute Gasteiger partial charge is 0.507 e. The Balaban J connectivity index is 2.46. The Morgan fingerprint density at radius 3 is 2.27 bits per heavy atom. The van der Waals surface area contributed by atoms with Crippen molar-refractivity contribution >= 4 is 11.9 Å². The van der Waals surface area contributed by atoms with Gasteiger partial charge < -0.3 is 20.4 Å².